The van der Waals surface area contributed by atoms with Crippen molar-refractivity contribution in [2.24, 2.45) is 0 Å². The van der Waals surface area contributed by atoms with E-state index in [9.17, 15) is 9.59 Å². The molecular weight excluding hydrogens is 472 g/mol. The van der Waals surface area contributed by atoms with Crippen molar-refractivity contribution in [1.29, 1.82) is 0 Å². The average Bonchev–Trinajstić information content (AvgIpc) is 2.94. The Morgan fingerprint density at radius 3 is 2.42 bits per heavy atom. The summed E-state index contributed by atoms with van der Waals surface area (Å²) >= 11 is 4.98. The first-order chi connectivity index (χ1) is 15.1. The van der Waals surface area contributed by atoms with Gasteiger partial charge in [0, 0.05) is 15.9 Å². The molecule has 0 fully saturated rings. The fourth-order valence-corrected chi connectivity index (χ4v) is 5.46. The largest absolute Gasteiger partial charge is 0.348 e. The van der Waals surface area contributed by atoms with Gasteiger partial charge in [0.25, 0.3) is 5.91 Å². The fourth-order valence-electron chi connectivity index (χ4n) is 3.90. The van der Waals surface area contributed by atoms with Crippen LogP contribution in [0.2, 0.25) is 0 Å². The van der Waals surface area contributed by atoms with E-state index in [-0.39, 0.29) is 18.2 Å². The van der Waals surface area contributed by atoms with Crippen LogP contribution in [0.5, 0.6) is 0 Å². The Hall–Kier alpha value is -2.44. The molecule has 0 atom stereocenters. The zero-order chi connectivity index (χ0) is 21.6. The number of amides is 2. The number of aryl methyl sites for hydroxylation is 1. The van der Waals surface area contributed by atoms with E-state index in [0.717, 1.165) is 46.8 Å². The van der Waals surface area contributed by atoms with Gasteiger partial charge in [0.1, 0.15) is 5.00 Å². The first-order valence-corrected chi connectivity index (χ1v) is 12.2. The Bertz CT molecular complexity index is 1060. The molecule has 0 saturated heterocycles. The second kappa shape index (κ2) is 10.2. The van der Waals surface area contributed by atoms with Crippen molar-refractivity contribution in [2.45, 2.75) is 45.1 Å². The Kier molecular flexibility index (Phi) is 7.20. The molecule has 0 aliphatic heterocycles. The number of carbonyl (C=O) groups excluding carboxylic acids is 2. The van der Waals surface area contributed by atoms with Gasteiger partial charge in [-0.3, -0.25) is 9.59 Å². The summed E-state index contributed by atoms with van der Waals surface area (Å²) in [6, 6.07) is 17.6. The van der Waals surface area contributed by atoms with Crippen molar-refractivity contribution in [3.05, 3.63) is 86.2 Å². The molecule has 1 aromatic heterocycles. The third-order valence-electron chi connectivity index (χ3n) is 5.48. The van der Waals surface area contributed by atoms with E-state index in [4.69, 9.17) is 0 Å². The summed E-state index contributed by atoms with van der Waals surface area (Å²) in [5.41, 5.74) is 3.76. The van der Waals surface area contributed by atoms with Gasteiger partial charge in [-0.2, -0.15) is 0 Å². The molecule has 0 bridgehead atoms. The highest BCUT2D eigenvalue weighted by Crippen LogP contribution is 2.37. The van der Waals surface area contributed by atoms with Crippen LogP contribution in [0, 0.1) is 0 Å². The Morgan fingerprint density at radius 2 is 1.65 bits per heavy atom. The van der Waals surface area contributed by atoms with Crippen LogP contribution in [-0.2, 0) is 30.6 Å². The van der Waals surface area contributed by atoms with Crippen LogP contribution in [0.4, 0.5) is 5.00 Å². The van der Waals surface area contributed by atoms with Gasteiger partial charge in [-0.25, -0.2) is 0 Å². The summed E-state index contributed by atoms with van der Waals surface area (Å²) < 4.78 is 0.982. The Morgan fingerprint density at radius 1 is 0.903 bits per heavy atom. The standard InChI is InChI=1S/C25H25BrN2O2S/c26-19-13-11-17(12-14-19)15-22(29)28-25-23(20-9-5-2-6-10-21(20)31-25)24(30)27-16-18-7-3-1-4-8-18/h1,3-4,7-8,11-14H,2,5-6,9-10,15-16H2,(H,27,30)(H,28,29). The van der Waals surface area contributed by atoms with Crippen molar-refractivity contribution in [2.75, 3.05) is 5.32 Å². The number of rotatable bonds is 6. The summed E-state index contributed by atoms with van der Waals surface area (Å²) in [6.45, 7) is 0.469. The number of benzene rings is 2. The van der Waals surface area contributed by atoms with Gasteiger partial charge in [-0.05, 0) is 54.5 Å². The fraction of sp³-hybridized carbons (Fsp3) is 0.280. The maximum atomic E-state index is 13.2. The lowest BCUT2D eigenvalue weighted by molar-refractivity contribution is -0.115. The molecule has 0 radical (unpaired) electrons. The molecule has 2 aromatic carbocycles. The smallest absolute Gasteiger partial charge is 0.254 e. The van der Waals surface area contributed by atoms with Crippen molar-refractivity contribution >= 4 is 44.1 Å². The Labute approximate surface area is 195 Å². The molecule has 160 valence electrons. The summed E-state index contributed by atoms with van der Waals surface area (Å²) in [5, 5.41) is 6.77. The molecule has 1 aliphatic carbocycles. The highest BCUT2D eigenvalue weighted by molar-refractivity contribution is 9.10. The maximum absolute atomic E-state index is 13.2. The van der Waals surface area contributed by atoms with E-state index in [0.29, 0.717) is 17.1 Å². The minimum absolute atomic E-state index is 0.101. The van der Waals surface area contributed by atoms with E-state index < -0.39 is 0 Å². The summed E-state index contributed by atoms with van der Waals surface area (Å²) in [7, 11) is 0. The minimum atomic E-state index is -0.109. The topological polar surface area (TPSA) is 58.2 Å². The SMILES string of the molecule is O=C(Cc1ccc(Br)cc1)Nc1sc2c(c1C(=O)NCc1ccccc1)CCCCC2. The van der Waals surface area contributed by atoms with Crippen LogP contribution < -0.4 is 10.6 Å². The van der Waals surface area contributed by atoms with E-state index in [1.54, 1.807) is 11.3 Å². The van der Waals surface area contributed by atoms with Crippen LogP contribution in [-0.4, -0.2) is 11.8 Å². The predicted octanol–water partition coefficient (Wildman–Crippen LogP) is 5.89. The summed E-state index contributed by atoms with van der Waals surface area (Å²) in [5.74, 6) is -0.210. The van der Waals surface area contributed by atoms with E-state index >= 15 is 0 Å². The molecule has 1 aliphatic rings. The second-order valence-corrected chi connectivity index (χ2v) is 9.81. The number of nitrogens with one attached hydrogen (secondary N) is 2. The molecule has 2 amide bonds. The highest BCUT2D eigenvalue weighted by Gasteiger charge is 2.25. The quantitative estimate of drug-likeness (QED) is 0.418. The van der Waals surface area contributed by atoms with Crippen molar-refractivity contribution in [1.82, 2.24) is 5.32 Å². The number of anilines is 1. The molecule has 4 nitrogen and oxygen atoms in total. The predicted molar refractivity (Wildman–Crippen MR) is 130 cm³/mol. The normalized spacial score (nSPS) is 13.2. The average molecular weight is 497 g/mol. The van der Waals surface area contributed by atoms with Gasteiger partial charge >= 0.3 is 0 Å². The van der Waals surface area contributed by atoms with Crippen LogP contribution in [0.3, 0.4) is 0 Å². The first-order valence-electron chi connectivity index (χ1n) is 10.6. The van der Waals surface area contributed by atoms with Gasteiger partial charge in [0.2, 0.25) is 5.91 Å². The monoisotopic (exact) mass is 496 g/mol. The number of hydrogen-bond acceptors (Lipinski definition) is 3. The van der Waals surface area contributed by atoms with Crippen LogP contribution >= 0.6 is 27.3 Å². The molecular formula is C25H25BrN2O2S. The molecule has 0 unspecified atom stereocenters. The van der Waals surface area contributed by atoms with Crippen LogP contribution in [0.1, 0.15) is 51.2 Å². The van der Waals surface area contributed by atoms with Gasteiger partial charge < -0.3 is 10.6 Å². The highest BCUT2D eigenvalue weighted by atomic mass is 79.9. The van der Waals surface area contributed by atoms with E-state index in [1.807, 2.05) is 54.6 Å². The third kappa shape index (κ3) is 5.63. The van der Waals surface area contributed by atoms with Gasteiger partial charge in [0.15, 0.2) is 0 Å². The zero-order valence-corrected chi connectivity index (χ0v) is 19.7. The molecule has 6 heteroatoms. The molecule has 1 heterocycles. The maximum Gasteiger partial charge on any atom is 0.254 e. The van der Waals surface area contributed by atoms with Crippen LogP contribution in [0.25, 0.3) is 0 Å². The van der Waals surface area contributed by atoms with Crippen molar-refractivity contribution < 1.29 is 9.59 Å². The van der Waals surface area contributed by atoms with Gasteiger partial charge in [-0.1, -0.05) is 64.8 Å². The van der Waals surface area contributed by atoms with Gasteiger partial charge in [0.05, 0.1) is 12.0 Å². The first kappa shape index (κ1) is 21.8. The van der Waals surface area contributed by atoms with Gasteiger partial charge in [-0.15, -0.1) is 11.3 Å². The molecule has 4 rings (SSSR count). The third-order valence-corrected chi connectivity index (χ3v) is 7.21. The van der Waals surface area contributed by atoms with Crippen molar-refractivity contribution in [3.63, 3.8) is 0 Å². The molecule has 31 heavy (non-hydrogen) atoms. The van der Waals surface area contributed by atoms with Crippen LogP contribution in [0.15, 0.2) is 59.1 Å². The van der Waals surface area contributed by atoms with E-state index in [2.05, 4.69) is 26.6 Å². The van der Waals surface area contributed by atoms with E-state index in [1.165, 1.54) is 11.3 Å². The molecule has 0 spiro atoms. The lowest BCUT2D eigenvalue weighted by atomic mass is 10.0. The lowest BCUT2D eigenvalue weighted by Crippen LogP contribution is -2.25. The zero-order valence-electron chi connectivity index (χ0n) is 17.2. The molecule has 0 saturated carbocycles. The summed E-state index contributed by atoms with van der Waals surface area (Å²) in [6.07, 6.45) is 5.53. The Balaban J connectivity index is 1.54. The second-order valence-electron chi connectivity index (χ2n) is 7.79. The number of halogens is 1. The minimum Gasteiger partial charge on any atom is -0.348 e. The number of thiophene rings is 1. The number of fused-ring (bicyclic) bond motifs is 1. The number of carbonyl (C=O) groups is 2. The van der Waals surface area contributed by atoms with Crippen molar-refractivity contribution in [3.8, 4) is 0 Å². The molecule has 2 N–H and O–H groups in total. The summed E-state index contributed by atoms with van der Waals surface area (Å²) in [4.78, 5) is 27.2. The number of hydrogen-bond donors (Lipinski definition) is 2. The molecule has 3 aromatic rings. The lowest BCUT2D eigenvalue weighted by Gasteiger charge is -2.10.